The van der Waals surface area contributed by atoms with Crippen LogP contribution in [0, 0.1) is 6.92 Å². The van der Waals surface area contributed by atoms with E-state index in [2.05, 4.69) is 41.4 Å². The van der Waals surface area contributed by atoms with Crippen molar-refractivity contribution in [2.75, 3.05) is 5.32 Å². The Morgan fingerprint density at radius 1 is 1.27 bits per heavy atom. The van der Waals surface area contributed by atoms with Crippen molar-refractivity contribution in [1.29, 1.82) is 0 Å². The molecule has 0 bridgehead atoms. The summed E-state index contributed by atoms with van der Waals surface area (Å²) in [7, 11) is 0. The van der Waals surface area contributed by atoms with Crippen molar-refractivity contribution in [3.63, 3.8) is 0 Å². The largest absolute Gasteiger partial charge is 0.489 e. The Morgan fingerprint density at radius 3 is 2.91 bits per heavy atom. The van der Waals surface area contributed by atoms with Gasteiger partial charge in [0.25, 0.3) is 0 Å². The van der Waals surface area contributed by atoms with E-state index in [0.717, 1.165) is 33.9 Å². The first kappa shape index (κ1) is 14.8. The summed E-state index contributed by atoms with van der Waals surface area (Å²) in [5.74, 6) is 1.67. The van der Waals surface area contributed by atoms with Gasteiger partial charge in [-0.05, 0) is 43.3 Å². The summed E-state index contributed by atoms with van der Waals surface area (Å²) in [6.45, 7) is 6.26. The van der Waals surface area contributed by atoms with Gasteiger partial charge in [0.15, 0.2) is 0 Å². The number of thiophene rings is 1. The SMILES string of the molecule is CCC(C)Oc1ccccc1Nc1ncnc2scc(C)c12. The van der Waals surface area contributed by atoms with E-state index in [1.807, 2.05) is 24.3 Å². The third kappa shape index (κ3) is 2.90. The van der Waals surface area contributed by atoms with Gasteiger partial charge < -0.3 is 10.1 Å². The number of nitrogens with zero attached hydrogens (tertiary/aromatic N) is 2. The lowest BCUT2D eigenvalue weighted by Crippen LogP contribution is -2.11. The molecule has 1 aromatic carbocycles. The monoisotopic (exact) mass is 313 g/mol. The maximum absolute atomic E-state index is 5.99. The van der Waals surface area contributed by atoms with E-state index in [4.69, 9.17) is 4.74 Å². The molecular weight excluding hydrogens is 294 g/mol. The fraction of sp³-hybridized carbons (Fsp3) is 0.294. The van der Waals surface area contributed by atoms with E-state index < -0.39 is 0 Å². The smallest absolute Gasteiger partial charge is 0.143 e. The van der Waals surface area contributed by atoms with E-state index in [-0.39, 0.29) is 6.10 Å². The first-order chi connectivity index (χ1) is 10.7. The maximum Gasteiger partial charge on any atom is 0.143 e. The Kier molecular flexibility index (Phi) is 4.24. The molecule has 0 amide bonds. The summed E-state index contributed by atoms with van der Waals surface area (Å²) in [5.41, 5.74) is 2.11. The van der Waals surface area contributed by atoms with Crippen molar-refractivity contribution in [3.05, 3.63) is 41.5 Å². The molecule has 1 atom stereocenters. The van der Waals surface area contributed by atoms with Gasteiger partial charge in [-0.2, -0.15) is 0 Å². The average Bonchev–Trinajstić information content (AvgIpc) is 2.91. The molecule has 0 aliphatic heterocycles. The zero-order valence-corrected chi connectivity index (χ0v) is 13.8. The van der Waals surface area contributed by atoms with Crippen LogP contribution in [-0.2, 0) is 0 Å². The van der Waals surface area contributed by atoms with E-state index in [0.29, 0.717) is 0 Å². The second-order valence-electron chi connectivity index (χ2n) is 5.28. The maximum atomic E-state index is 5.99. The Labute approximate surface area is 134 Å². The molecule has 0 spiro atoms. The number of para-hydroxylation sites is 2. The number of benzene rings is 1. The fourth-order valence-corrected chi connectivity index (χ4v) is 3.10. The number of ether oxygens (including phenoxy) is 1. The zero-order chi connectivity index (χ0) is 15.5. The van der Waals surface area contributed by atoms with Gasteiger partial charge in [0.2, 0.25) is 0 Å². The van der Waals surface area contributed by atoms with Crippen LogP contribution in [0.25, 0.3) is 10.2 Å². The molecule has 3 rings (SSSR count). The summed E-state index contributed by atoms with van der Waals surface area (Å²) in [6.07, 6.45) is 2.74. The quantitative estimate of drug-likeness (QED) is 0.726. The highest BCUT2D eigenvalue weighted by atomic mass is 32.1. The standard InChI is InChI=1S/C17H19N3OS/c1-4-12(3)21-14-8-6-5-7-13(14)20-16-15-11(2)9-22-17(15)19-10-18-16/h5-10,12H,4H2,1-3H3,(H,18,19,20). The molecule has 5 heteroatoms. The number of hydrogen-bond acceptors (Lipinski definition) is 5. The van der Waals surface area contributed by atoms with Crippen LogP contribution in [0.3, 0.4) is 0 Å². The Bertz CT molecular complexity index is 784. The molecule has 2 heterocycles. The summed E-state index contributed by atoms with van der Waals surface area (Å²) < 4.78 is 5.99. The predicted molar refractivity (Wildman–Crippen MR) is 92.3 cm³/mol. The lowest BCUT2D eigenvalue weighted by Gasteiger charge is -2.17. The molecule has 0 saturated carbocycles. The van der Waals surface area contributed by atoms with Gasteiger partial charge in [-0.15, -0.1) is 11.3 Å². The van der Waals surface area contributed by atoms with Crippen LogP contribution in [-0.4, -0.2) is 16.1 Å². The number of rotatable bonds is 5. The van der Waals surface area contributed by atoms with Crippen LogP contribution < -0.4 is 10.1 Å². The molecule has 22 heavy (non-hydrogen) atoms. The van der Waals surface area contributed by atoms with Gasteiger partial charge in [0.1, 0.15) is 22.7 Å². The Hall–Kier alpha value is -2.14. The molecular formula is C17H19N3OS. The molecule has 1 N–H and O–H groups in total. The first-order valence-corrected chi connectivity index (χ1v) is 8.28. The Morgan fingerprint density at radius 2 is 2.09 bits per heavy atom. The number of aryl methyl sites for hydroxylation is 1. The average molecular weight is 313 g/mol. The first-order valence-electron chi connectivity index (χ1n) is 7.40. The summed E-state index contributed by atoms with van der Waals surface area (Å²) >= 11 is 1.63. The third-order valence-corrected chi connectivity index (χ3v) is 4.60. The van der Waals surface area contributed by atoms with Crippen LogP contribution >= 0.6 is 11.3 Å². The molecule has 1 unspecified atom stereocenters. The van der Waals surface area contributed by atoms with Crippen molar-refractivity contribution in [2.24, 2.45) is 0 Å². The second kappa shape index (κ2) is 6.32. The summed E-state index contributed by atoms with van der Waals surface area (Å²) in [6, 6.07) is 7.96. The highest BCUT2D eigenvalue weighted by Gasteiger charge is 2.12. The Balaban J connectivity index is 1.97. The number of hydrogen-bond donors (Lipinski definition) is 1. The number of aromatic nitrogens is 2. The van der Waals surface area contributed by atoms with Crippen molar-refractivity contribution in [2.45, 2.75) is 33.3 Å². The van der Waals surface area contributed by atoms with E-state index >= 15 is 0 Å². The highest BCUT2D eigenvalue weighted by Crippen LogP contribution is 2.33. The number of anilines is 2. The zero-order valence-electron chi connectivity index (χ0n) is 13.0. The predicted octanol–water partition coefficient (Wildman–Crippen LogP) is 4.92. The lowest BCUT2D eigenvalue weighted by molar-refractivity contribution is 0.218. The van der Waals surface area contributed by atoms with Crippen LogP contribution in [0.15, 0.2) is 36.0 Å². The summed E-state index contributed by atoms with van der Waals surface area (Å²) in [5, 5.41) is 6.58. The van der Waals surface area contributed by atoms with Crippen molar-refractivity contribution in [3.8, 4) is 5.75 Å². The highest BCUT2D eigenvalue weighted by molar-refractivity contribution is 7.17. The summed E-state index contributed by atoms with van der Waals surface area (Å²) in [4.78, 5) is 9.72. The minimum atomic E-state index is 0.177. The molecule has 0 aliphatic carbocycles. The molecule has 0 saturated heterocycles. The van der Waals surface area contributed by atoms with Gasteiger partial charge in [0, 0.05) is 0 Å². The van der Waals surface area contributed by atoms with E-state index in [9.17, 15) is 0 Å². The van der Waals surface area contributed by atoms with Crippen LogP contribution in [0.1, 0.15) is 25.8 Å². The normalized spacial score (nSPS) is 12.3. The van der Waals surface area contributed by atoms with Gasteiger partial charge in [-0.25, -0.2) is 9.97 Å². The molecule has 3 aromatic rings. The van der Waals surface area contributed by atoms with E-state index in [1.165, 1.54) is 5.56 Å². The fourth-order valence-electron chi connectivity index (χ4n) is 2.21. The molecule has 0 aliphatic rings. The van der Waals surface area contributed by atoms with Crippen LogP contribution in [0.4, 0.5) is 11.5 Å². The topological polar surface area (TPSA) is 47.0 Å². The van der Waals surface area contributed by atoms with Gasteiger partial charge in [0.05, 0.1) is 17.2 Å². The molecule has 2 aromatic heterocycles. The van der Waals surface area contributed by atoms with Crippen molar-refractivity contribution >= 4 is 33.1 Å². The van der Waals surface area contributed by atoms with Gasteiger partial charge in [-0.1, -0.05) is 19.1 Å². The minimum Gasteiger partial charge on any atom is -0.489 e. The second-order valence-corrected chi connectivity index (χ2v) is 6.14. The van der Waals surface area contributed by atoms with Crippen LogP contribution in [0.2, 0.25) is 0 Å². The van der Waals surface area contributed by atoms with Crippen molar-refractivity contribution < 1.29 is 4.74 Å². The van der Waals surface area contributed by atoms with Gasteiger partial charge >= 0.3 is 0 Å². The lowest BCUT2D eigenvalue weighted by atomic mass is 10.2. The number of fused-ring (bicyclic) bond motifs is 1. The van der Waals surface area contributed by atoms with Crippen LogP contribution in [0.5, 0.6) is 5.75 Å². The van der Waals surface area contributed by atoms with Gasteiger partial charge in [-0.3, -0.25) is 0 Å². The third-order valence-electron chi connectivity index (χ3n) is 3.60. The van der Waals surface area contributed by atoms with Crippen molar-refractivity contribution in [1.82, 2.24) is 9.97 Å². The molecule has 0 fully saturated rings. The molecule has 4 nitrogen and oxygen atoms in total. The molecule has 114 valence electrons. The minimum absolute atomic E-state index is 0.177. The molecule has 0 radical (unpaired) electrons. The van der Waals surface area contributed by atoms with E-state index in [1.54, 1.807) is 17.7 Å². The number of nitrogens with one attached hydrogen (secondary N) is 1.